The number of nitro groups is 1. The topological polar surface area (TPSA) is 119 Å². The number of imide groups is 2. The van der Waals surface area contributed by atoms with Crippen LogP contribution < -0.4 is 15.0 Å². The number of nitrogens with zero attached hydrogens (tertiary/aromatic N) is 2. The van der Waals surface area contributed by atoms with Crippen molar-refractivity contribution in [1.82, 2.24) is 5.32 Å². The molecule has 1 saturated heterocycles. The van der Waals surface area contributed by atoms with Crippen molar-refractivity contribution in [3.8, 4) is 5.75 Å². The van der Waals surface area contributed by atoms with E-state index in [-0.39, 0.29) is 28.6 Å². The Morgan fingerprint density at radius 1 is 1.00 bits per heavy atom. The second-order valence-electron chi connectivity index (χ2n) is 7.34. The highest BCUT2D eigenvalue weighted by Crippen LogP contribution is 2.29. The lowest BCUT2D eigenvalue weighted by atomic mass is 10.1. The first-order chi connectivity index (χ1) is 16.7. The van der Waals surface area contributed by atoms with Gasteiger partial charge in [-0.15, -0.1) is 0 Å². The van der Waals surface area contributed by atoms with Crippen LogP contribution in [-0.2, 0) is 16.2 Å². The van der Waals surface area contributed by atoms with E-state index in [0.717, 1.165) is 4.90 Å². The van der Waals surface area contributed by atoms with Crippen LogP contribution in [-0.4, -0.2) is 22.8 Å². The van der Waals surface area contributed by atoms with Gasteiger partial charge in [-0.3, -0.25) is 25.0 Å². The fraction of sp³-hybridized carbons (Fsp3) is 0.0417. The number of amides is 4. The number of carbonyl (C=O) groups is 3. The molecule has 3 aromatic rings. The summed E-state index contributed by atoms with van der Waals surface area (Å²) in [5, 5.41) is 13.6. The molecule has 176 valence electrons. The lowest BCUT2D eigenvalue weighted by Crippen LogP contribution is -2.54. The first-order valence-corrected chi connectivity index (χ1v) is 10.8. The average molecular weight is 512 g/mol. The van der Waals surface area contributed by atoms with E-state index < -0.39 is 22.8 Å². The number of ether oxygens (including phenoxy) is 1. The van der Waals surface area contributed by atoms with E-state index in [1.807, 2.05) is 0 Å². The van der Waals surface area contributed by atoms with Gasteiger partial charge in [0.1, 0.15) is 17.9 Å². The molecule has 0 bridgehead atoms. The molecule has 1 aliphatic heterocycles. The van der Waals surface area contributed by atoms with E-state index in [1.165, 1.54) is 42.5 Å². The molecule has 0 spiro atoms. The van der Waals surface area contributed by atoms with Gasteiger partial charge >= 0.3 is 6.03 Å². The summed E-state index contributed by atoms with van der Waals surface area (Å²) in [7, 11) is 0. The van der Waals surface area contributed by atoms with Crippen LogP contribution in [0.5, 0.6) is 5.75 Å². The Labute approximate surface area is 208 Å². The largest absolute Gasteiger partial charge is 0.487 e. The molecule has 0 radical (unpaired) electrons. The Balaban J connectivity index is 1.55. The third-order valence-electron chi connectivity index (χ3n) is 4.95. The number of benzene rings is 3. The van der Waals surface area contributed by atoms with E-state index in [9.17, 15) is 24.5 Å². The Kier molecular flexibility index (Phi) is 6.81. The van der Waals surface area contributed by atoms with Crippen molar-refractivity contribution in [2.45, 2.75) is 6.61 Å². The maximum atomic E-state index is 13.0. The van der Waals surface area contributed by atoms with Gasteiger partial charge in [0.2, 0.25) is 0 Å². The van der Waals surface area contributed by atoms with E-state index in [2.05, 4.69) is 5.32 Å². The fourth-order valence-electron chi connectivity index (χ4n) is 3.32. The molecule has 0 saturated carbocycles. The monoisotopic (exact) mass is 511 g/mol. The molecule has 1 fully saturated rings. The highest BCUT2D eigenvalue weighted by Gasteiger charge is 2.36. The zero-order chi connectivity index (χ0) is 25.1. The van der Waals surface area contributed by atoms with Crippen LogP contribution in [0.4, 0.5) is 16.2 Å². The number of hydrogen-bond acceptors (Lipinski definition) is 6. The molecule has 35 heavy (non-hydrogen) atoms. The van der Waals surface area contributed by atoms with Crippen molar-refractivity contribution in [3.63, 3.8) is 0 Å². The zero-order valence-electron chi connectivity index (χ0n) is 17.7. The lowest BCUT2D eigenvalue weighted by Gasteiger charge is -2.26. The summed E-state index contributed by atoms with van der Waals surface area (Å²) in [6.07, 6.45) is 1.30. The molecular weight excluding hydrogens is 497 g/mol. The predicted octanol–water partition coefficient (Wildman–Crippen LogP) is 5.15. The Morgan fingerprint density at radius 2 is 1.77 bits per heavy atom. The maximum absolute atomic E-state index is 13.0. The summed E-state index contributed by atoms with van der Waals surface area (Å²) in [5.41, 5.74) is 0.875. The standard InChI is InChI=1S/C24H15Cl2N3O6/c25-16-4-2-5-17(12-16)28-23(31)19(22(30)27-24(28)32)10-14-7-8-21(20(26)11-14)35-13-15-3-1-6-18(9-15)29(33)34/h1-12H,13H2,(H,27,30,32)/b19-10+. The fourth-order valence-corrected chi connectivity index (χ4v) is 3.75. The van der Waals surface area contributed by atoms with Gasteiger partial charge in [-0.1, -0.05) is 47.5 Å². The van der Waals surface area contributed by atoms with E-state index in [1.54, 1.807) is 30.3 Å². The number of nitro benzene ring substituents is 1. The van der Waals surface area contributed by atoms with E-state index >= 15 is 0 Å². The maximum Gasteiger partial charge on any atom is 0.335 e. The number of barbiturate groups is 1. The number of rotatable bonds is 6. The highest BCUT2D eigenvalue weighted by atomic mass is 35.5. The number of urea groups is 1. The summed E-state index contributed by atoms with van der Waals surface area (Å²) in [5.74, 6) is -1.36. The van der Waals surface area contributed by atoms with Crippen molar-refractivity contribution in [2.75, 3.05) is 4.90 Å². The van der Waals surface area contributed by atoms with Crippen LogP contribution in [0.3, 0.4) is 0 Å². The average Bonchev–Trinajstić information content (AvgIpc) is 2.81. The molecule has 11 heteroatoms. The van der Waals surface area contributed by atoms with Gasteiger partial charge < -0.3 is 4.74 Å². The van der Waals surface area contributed by atoms with E-state index in [4.69, 9.17) is 27.9 Å². The molecule has 0 aliphatic carbocycles. The molecule has 0 unspecified atom stereocenters. The van der Waals surface area contributed by atoms with Crippen molar-refractivity contribution >= 4 is 58.5 Å². The van der Waals surface area contributed by atoms with Crippen LogP contribution in [0.25, 0.3) is 6.08 Å². The Morgan fingerprint density at radius 3 is 2.49 bits per heavy atom. The minimum Gasteiger partial charge on any atom is -0.487 e. The van der Waals surface area contributed by atoms with Crippen molar-refractivity contribution < 1.29 is 24.0 Å². The first kappa shape index (κ1) is 23.9. The summed E-state index contributed by atoms with van der Waals surface area (Å²) in [4.78, 5) is 48.9. The van der Waals surface area contributed by atoms with Gasteiger partial charge in [0.25, 0.3) is 17.5 Å². The van der Waals surface area contributed by atoms with Gasteiger partial charge in [0, 0.05) is 17.2 Å². The summed E-state index contributed by atoms with van der Waals surface area (Å²) in [6.45, 7) is 0.0411. The van der Waals surface area contributed by atoms with Crippen molar-refractivity contribution in [3.05, 3.63) is 104 Å². The number of nitrogens with one attached hydrogen (secondary N) is 1. The van der Waals surface area contributed by atoms with Crippen LogP contribution in [0.15, 0.2) is 72.3 Å². The molecule has 1 aliphatic rings. The van der Waals surface area contributed by atoms with Crippen molar-refractivity contribution in [2.24, 2.45) is 0 Å². The van der Waals surface area contributed by atoms with Crippen molar-refractivity contribution in [1.29, 1.82) is 0 Å². The molecule has 4 amide bonds. The summed E-state index contributed by atoms with van der Waals surface area (Å²) in [6, 6.07) is 15.8. The SMILES string of the molecule is O=C1NC(=O)N(c2cccc(Cl)c2)C(=O)/C1=C/c1ccc(OCc2cccc([N+](=O)[O-])c2)c(Cl)c1. The molecular formula is C24H15Cl2N3O6. The Bertz CT molecular complexity index is 1410. The minimum atomic E-state index is -0.887. The van der Waals surface area contributed by atoms with Gasteiger partial charge in [0.15, 0.2) is 0 Å². The second kappa shape index (κ2) is 9.96. The van der Waals surface area contributed by atoms with E-state index in [0.29, 0.717) is 21.9 Å². The number of anilines is 1. The highest BCUT2D eigenvalue weighted by molar-refractivity contribution is 6.39. The van der Waals surface area contributed by atoms with Gasteiger partial charge in [-0.05, 0) is 47.5 Å². The van der Waals surface area contributed by atoms with Gasteiger partial charge in [0.05, 0.1) is 15.6 Å². The lowest BCUT2D eigenvalue weighted by molar-refractivity contribution is -0.384. The van der Waals surface area contributed by atoms with Gasteiger partial charge in [-0.2, -0.15) is 0 Å². The van der Waals surface area contributed by atoms with Crippen LogP contribution in [0.2, 0.25) is 10.0 Å². The second-order valence-corrected chi connectivity index (χ2v) is 8.19. The van der Waals surface area contributed by atoms with Crippen LogP contribution in [0.1, 0.15) is 11.1 Å². The first-order valence-electron chi connectivity index (χ1n) is 10.1. The Hall–Kier alpha value is -4.21. The predicted molar refractivity (Wildman–Crippen MR) is 129 cm³/mol. The third-order valence-corrected chi connectivity index (χ3v) is 5.48. The molecule has 1 N–H and O–H groups in total. The number of hydrogen-bond donors (Lipinski definition) is 1. The molecule has 3 aromatic carbocycles. The van der Waals surface area contributed by atoms with Crippen LogP contribution >= 0.6 is 23.2 Å². The minimum absolute atomic E-state index is 0.0411. The van der Waals surface area contributed by atoms with Crippen LogP contribution in [0, 0.1) is 10.1 Å². The third kappa shape index (κ3) is 5.32. The normalized spacial score (nSPS) is 14.7. The quantitative estimate of drug-likeness (QED) is 0.211. The zero-order valence-corrected chi connectivity index (χ0v) is 19.2. The molecule has 9 nitrogen and oxygen atoms in total. The number of non-ortho nitro benzene ring substituents is 1. The van der Waals surface area contributed by atoms with Gasteiger partial charge in [-0.25, -0.2) is 9.69 Å². The molecule has 4 rings (SSSR count). The summed E-state index contributed by atoms with van der Waals surface area (Å²) < 4.78 is 5.66. The number of carbonyl (C=O) groups excluding carboxylic acids is 3. The smallest absolute Gasteiger partial charge is 0.335 e. The molecule has 0 aromatic heterocycles. The number of halogens is 2. The molecule has 0 atom stereocenters. The molecule has 1 heterocycles. The summed E-state index contributed by atoms with van der Waals surface area (Å²) >= 11 is 12.3.